The van der Waals surface area contributed by atoms with Crippen molar-refractivity contribution in [2.75, 3.05) is 6.54 Å². The zero-order chi connectivity index (χ0) is 15.1. The molecule has 2 rings (SSSR count). The van der Waals surface area contributed by atoms with Gasteiger partial charge in [0, 0.05) is 6.92 Å². The molecule has 0 fully saturated rings. The molecule has 0 aliphatic carbocycles. The average molecular weight is 289 g/mol. The zero-order valence-electron chi connectivity index (χ0n) is 11.5. The van der Waals surface area contributed by atoms with E-state index in [1.54, 1.807) is 6.92 Å². The Kier molecular flexibility index (Phi) is 5.03. The lowest BCUT2D eigenvalue weighted by Gasteiger charge is -2.05. The normalized spacial score (nSPS) is 10.1. The van der Waals surface area contributed by atoms with Crippen LogP contribution in [0.2, 0.25) is 0 Å². The number of nitrogens with zero attached hydrogens (tertiary/aromatic N) is 2. The summed E-state index contributed by atoms with van der Waals surface area (Å²) in [6.07, 6.45) is 0.219. The van der Waals surface area contributed by atoms with Gasteiger partial charge in [0.2, 0.25) is 11.8 Å². The topological polar surface area (TPSA) is 94.3 Å². The SMILES string of the molecule is Cc1nnc(COC(=O)CNC(=O)Cc2ccccc2)o1. The van der Waals surface area contributed by atoms with E-state index < -0.39 is 5.97 Å². The van der Waals surface area contributed by atoms with E-state index in [-0.39, 0.29) is 31.4 Å². The molecule has 0 saturated heterocycles. The number of hydrogen-bond donors (Lipinski definition) is 1. The van der Waals surface area contributed by atoms with Crippen LogP contribution in [0.15, 0.2) is 34.7 Å². The van der Waals surface area contributed by atoms with Gasteiger partial charge in [0.05, 0.1) is 6.42 Å². The van der Waals surface area contributed by atoms with Crippen molar-refractivity contribution in [2.45, 2.75) is 20.0 Å². The fraction of sp³-hybridized carbons (Fsp3) is 0.286. The maximum Gasteiger partial charge on any atom is 0.325 e. The molecule has 0 unspecified atom stereocenters. The third kappa shape index (κ3) is 5.06. The minimum absolute atomic E-state index is 0.103. The van der Waals surface area contributed by atoms with E-state index in [9.17, 15) is 9.59 Å². The number of carbonyl (C=O) groups excluding carboxylic acids is 2. The highest BCUT2D eigenvalue weighted by molar-refractivity contribution is 5.83. The van der Waals surface area contributed by atoms with E-state index in [0.717, 1.165) is 5.56 Å². The van der Waals surface area contributed by atoms with Gasteiger partial charge in [-0.3, -0.25) is 9.59 Å². The van der Waals surface area contributed by atoms with Crippen molar-refractivity contribution in [3.8, 4) is 0 Å². The first-order valence-electron chi connectivity index (χ1n) is 6.38. The lowest BCUT2D eigenvalue weighted by atomic mass is 10.1. The summed E-state index contributed by atoms with van der Waals surface area (Å²) < 4.78 is 9.94. The summed E-state index contributed by atoms with van der Waals surface area (Å²) in [6.45, 7) is 1.34. The van der Waals surface area contributed by atoms with E-state index in [2.05, 4.69) is 15.5 Å². The van der Waals surface area contributed by atoms with Crippen molar-refractivity contribution in [3.63, 3.8) is 0 Å². The summed E-state index contributed by atoms with van der Waals surface area (Å²) >= 11 is 0. The molecule has 0 bridgehead atoms. The Morgan fingerprint density at radius 2 is 2.00 bits per heavy atom. The number of rotatable bonds is 6. The maximum atomic E-state index is 11.6. The summed E-state index contributed by atoms with van der Waals surface area (Å²) in [4.78, 5) is 23.1. The molecule has 110 valence electrons. The van der Waals surface area contributed by atoms with Gasteiger partial charge in [0.1, 0.15) is 6.54 Å². The van der Waals surface area contributed by atoms with Gasteiger partial charge in [-0.05, 0) is 5.56 Å². The van der Waals surface area contributed by atoms with Gasteiger partial charge >= 0.3 is 5.97 Å². The van der Waals surface area contributed by atoms with Crippen molar-refractivity contribution in [2.24, 2.45) is 0 Å². The molecule has 1 aromatic carbocycles. The Balaban J connectivity index is 1.67. The first-order valence-corrected chi connectivity index (χ1v) is 6.38. The van der Waals surface area contributed by atoms with Crippen LogP contribution in [-0.2, 0) is 27.4 Å². The van der Waals surface area contributed by atoms with Crippen LogP contribution in [0.25, 0.3) is 0 Å². The predicted octanol–water partition coefficient (Wildman–Crippen LogP) is 0.780. The molecule has 21 heavy (non-hydrogen) atoms. The maximum absolute atomic E-state index is 11.6. The fourth-order valence-electron chi connectivity index (χ4n) is 1.60. The Labute approximate surface area is 121 Å². The summed E-state index contributed by atoms with van der Waals surface area (Å²) in [6, 6.07) is 9.26. The smallest absolute Gasteiger partial charge is 0.325 e. The lowest BCUT2D eigenvalue weighted by molar-refractivity contribution is -0.145. The Morgan fingerprint density at radius 1 is 1.24 bits per heavy atom. The second-order valence-electron chi connectivity index (χ2n) is 4.31. The molecule has 7 nitrogen and oxygen atoms in total. The van der Waals surface area contributed by atoms with Gasteiger partial charge in [0.15, 0.2) is 6.61 Å². The first-order chi connectivity index (χ1) is 10.1. The van der Waals surface area contributed by atoms with E-state index in [1.165, 1.54) is 0 Å². The number of hydrogen-bond acceptors (Lipinski definition) is 6. The molecule has 1 heterocycles. The van der Waals surface area contributed by atoms with E-state index >= 15 is 0 Å². The van der Waals surface area contributed by atoms with Crippen LogP contribution in [-0.4, -0.2) is 28.6 Å². The van der Waals surface area contributed by atoms with Gasteiger partial charge < -0.3 is 14.5 Å². The van der Waals surface area contributed by atoms with Crippen LogP contribution in [0.3, 0.4) is 0 Å². The van der Waals surface area contributed by atoms with Crippen LogP contribution < -0.4 is 5.32 Å². The van der Waals surface area contributed by atoms with E-state index in [4.69, 9.17) is 9.15 Å². The molecule has 0 radical (unpaired) electrons. The quantitative estimate of drug-likeness (QED) is 0.790. The van der Waals surface area contributed by atoms with Gasteiger partial charge in [0.25, 0.3) is 5.89 Å². The van der Waals surface area contributed by atoms with E-state index in [1.807, 2.05) is 30.3 Å². The number of carbonyl (C=O) groups is 2. The van der Waals surface area contributed by atoms with Gasteiger partial charge in [-0.15, -0.1) is 10.2 Å². The van der Waals surface area contributed by atoms with Crippen LogP contribution in [0.4, 0.5) is 0 Å². The number of ether oxygens (including phenoxy) is 1. The van der Waals surface area contributed by atoms with Crippen molar-refractivity contribution in [3.05, 3.63) is 47.7 Å². The number of amides is 1. The van der Waals surface area contributed by atoms with Crippen LogP contribution in [0.1, 0.15) is 17.3 Å². The van der Waals surface area contributed by atoms with Crippen molar-refractivity contribution >= 4 is 11.9 Å². The van der Waals surface area contributed by atoms with Crippen molar-refractivity contribution in [1.82, 2.24) is 15.5 Å². The third-order valence-corrected chi connectivity index (χ3v) is 2.56. The molecule has 2 aromatic rings. The highest BCUT2D eigenvalue weighted by Gasteiger charge is 2.09. The molecule has 0 spiro atoms. The Bertz CT molecular complexity index is 610. The molecular formula is C14H15N3O4. The monoisotopic (exact) mass is 289 g/mol. The van der Waals surface area contributed by atoms with Crippen molar-refractivity contribution in [1.29, 1.82) is 0 Å². The molecule has 0 saturated carbocycles. The lowest BCUT2D eigenvalue weighted by Crippen LogP contribution is -2.31. The summed E-state index contributed by atoms with van der Waals surface area (Å²) in [5.74, 6) is -0.187. The number of aromatic nitrogens is 2. The summed E-state index contributed by atoms with van der Waals surface area (Å²) in [5, 5.41) is 9.79. The Morgan fingerprint density at radius 3 is 2.67 bits per heavy atom. The van der Waals surface area contributed by atoms with Crippen LogP contribution in [0.5, 0.6) is 0 Å². The second-order valence-corrected chi connectivity index (χ2v) is 4.31. The number of esters is 1. The molecule has 1 N–H and O–H groups in total. The van der Waals surface area contributed by atoms with Gasteiger partial charge in [-0.2, -0.15) is 0 Å². The summed E-state index contributed by atoms with van der Waals surface area (Å²) in [5.41, 5.74) is 0.879. The molecule has 0 atom stereocenters. The Hall–Kier alpha value is -2.70. The second kappa shape index (κ2) is 7.18. The minimum Gasteiger partial charge on any atom is -0.454 e. The summed E-state index contributed by atoms with van der Waals surface area (Å²) in [7, 11) is 0. The highest BCUT2D eigenvalue weighted by Crippen LogP contribution is 2.00. The minimum atomic E-state index is -0.563. The molecule has 7 heteroatoms. The zero-order valence-corrected chi connectivity index (χ0v) is 11.5. The first kappa shape index (κ1) is 14.7. The average Bonchev–Trinajstić information content (AvgIpc) is 2.90. The standard InChI is InChI=1S/C14H15N3O4/c1-10-16-17-13(21-10)9-20-14(19)8-15-12(18)7-11-5-3-2-4-6-11/h2-6H,7-9H2,1H3,(H,15,18). The molecule has 1 aromatic heterocycles. The molecule has 0 aliphatic rings. The highest BCUT2D eigenvalue weighted by atomic mass is 16.5. The largest absolute Gasteiger partial charge is 0.454 e. The number of benzene rings is 1. The fourth-order valence-corrected chi connectivity index (χ4v) is 1.60. The number of nitrogens with one attached hydrogen (secondary N) is 1. The van der Waals surface area contributed by atoms with Gasteiger partial charge in [-0.1, -0.05) is 30.3 Å². The molecule has 0 aliphatic heterocycles. The van der Waals surface area contributed by atoms with E-state index in [0.29, 0.717) is 5.89 Å². The third-order valence-electron chi connectivity index (χ3n) is 2.56. The predicted molar refractivity (Wildman–Crippen MR) is 72.0 cm³/mol. The van der Waals surface area contributed by atoms with Crippen molar-refractivity contribution < 1.29 is 18.7 Å². The molecular weight excluding hydrogens is 274 g/mol. The van der Waals surface area contributed by atoms with Crippen LogP contribution in [0, 0.1) is 6.92 Å². The molecule has 1 amide bonds. The van der Waals surface area contributed by atoms with Gasteiger partial charge in [-0.25, -0.2) is 0 Å². The number of aryl methyl sites for hydroxylation is 1. The van der Waals surface area contributed by atoms with Crippen LogP contribution >= 0.6 is 0 Å².